The number of carbonyl (C=O) groups excluding carboxylic acids is 1. The zero-order valence-corrected chi connectivity index (χ0v) is 8.95. The van der Waals surface area contributed by atoms with Gasteiger partial charge in [0.2, 0.25) is 5.91 Å². The van der Waals surface area contributed by atoms with Crippen LogP contribution in [0.5, 0.6) is 0 Å². The summed E-state index contributed by atoms with van der Waals surface area (Å²) in [6.45, 7) is 2.48. The topological polar surface area (TPSA) is 105 Å². The molecule has 1 saturated heterocycles. The predicted molar refractivity (Wildman–Crippen MR) is 59.6 cm³/mol. The Balaban J connectivity index is 2.12. The Bertz CT molecular complexity index is 407. The minimum atomic E-state index is 0.0568. The Morgan fingerprint density at radius 3 is 2.88 bits per heavy atom. The van der Waals surface area contributed by atoms with Gasteiger partial charge in [-0.2, -0.15) is 0 Å². The molecule has 0 radical (unpaired) electrons. The standard InChI is InChI=1S/C9H14N6O/c1-5-8(12-4-13-9(5)15-10)14-6-2-7(16)11-3-6/h4,6H,2-3,10H2,1H3,(H,11,16)(H2,12,13,14,15). The van der Waals surface area contributed by atoms with Gasteiger partial charge in [0.15, 0.2) is 0 Å². The molecule has 1 aliphatic rings. The van der Waals surface area contributed by atoms with E-state index in [1.165, 1.54) is 6.33 Å². The second kappa shape index (κ2) is 4.31. The van der Waals surface area contributed by atoms with Crippen molar-refractivity contribution in [2.75, 3.05) is 17.3 Å². The minimum Gasteiger partial charge on any atom is -0.365 e. The fourth-order valence-corrected chi connectivity index (χ4v) is 1.64. The van der Waals surface area contributed by atoms with Crippen LogP contribution in [-0.2, 0) is 4.79 Å². The number of amides is 1. The number of nitrogens with zero attached hydrogens (tertiary/aromatic N) is 2. The first kappa shape index (κ1) is 10.6. The van der Waals surface area contributed by atoms with Gasteiger partial charge >= 0.3 is 0 Å². The van der Waals surface area contributed by atoms with Crippen molar-refractivity contribution >= 4 is 17.5 Å². The van der Waals surface area contributed by atoms with Crippen LogP contribution in [0.15, 0.2) is 6.33 Å². The maximum atomic E-state index is 11.0. The summed E-state index contributed by atoms with van der Waals surface area (Å²) in [5.41, 5.74) is 3.33. The molecule has 1 amide bonds. The molecular weight excluding hydrogens is 208 g/mol. The maximum Gasteiger partial charge on any atom is 0.222 e. The van der Waals surface area contributed by atoms with Gasteiger partial charge in [0.1, 0.15) is 18.0 Å². The lowest BCUT2D eigenvalue weighted by molar-refractivity contribution is -0.119. The van der Waals surface area contributed by atoms with Gasteiger partial charge in [-0.3, -0.25) is 4.79 Å². The lowest BCUT2D eigenvalue weighted by Gasteiger charge is -2.14. The zero-order chi connectivity index (χ0) is 11.5. The normalized spacial score (nSPS) is 19.4. The van der Waals surface area contributed by atoms with Crippen LogP contribution in [0.25, 0.3) is 0 Å². The molecular formula is C9H14N6O. The summed E-state index contributed by atoms with van der Waals surface area (Å²) in [5, 5.41) is 5.94. The summed E-state index contributed by atoms with van der Waals surface area (Å²) < 4.78 is 0. The molecule has 1 unspecified atom stereocenters. The van der Waals surface area contributed by atoms with Crippen molar-refractivity contribution in [2.24, 2.45) is 5.84 Å². The highest BCUT2D eigenvalue weighted by Gasteiger charge is 2.22. The number of rotatable bonds is 3. The number of aromatic nitrogens is 2. The lowest BCUT2D eigenvalue weighted by Crippen LogP contribution is -2.24. The third-order valence-corrected chi connectivity index (χ3v) is 2.54. The van der Waals surface area contributed by atoms with Gasteiger partial charge in [-0.15, -0.1) is 0 Å². The van der Waals surface area contributed by atoms with Gasteiger partial charge in [-0.1, -0.05) is 0 Å². The van der Waals surface area contributed by atoms with Gasteiger partial charge in [0.05, 0.1) is 6.04 Å². The summed E-state index contributed by atoms with van der Waals surface area (Å²) >= 11 is 0. The molecule has 7 nitrogen and oxygen atoms in total. The van der Waals surface area contributed by atoms with Crippen LogP contribution in [0.4, 0.5) is 11.6 Å². The van der Waals surface area contributed by atoms with Crippen LogP contribution >= 0.6 is 0 Å². The van der Waals surface area contributed by atoms with Crippen LogP contribution in [0.2, 0.25) is 0 Å². The van der Waals surface area contributed by atoms with Gasteiger partial charge < -0.3 is 16.1 Å². The molecule has 2 rings (SSSR count). The quantitative estimate of drug-likeness (QED) is 0.401. The molecule has 0 aliphatic carbocycles. The molecule has 86 valence electrons. The number of nitrogens with two attached hydrogens (primary N) is 1. The smallest absolute Gasteiger partial charge is 0.222 e. The molecule has 0 aromatic carbocycles. The van der Waals surface area contributed by atoms with Gasteiger partial charge in [-0.25, -0.2) is 15.8 Å². The van der Waals surface area contributed by atoms with Gasteiger partial charge in [0, 0.05) is 18.5 Å². The molecule has 2 heterocycles. The monoisotopic (exact) mass is 222 g/mol. The summed E-state index contributed by atoms with van der Waals surface area (Å²) in [6.07, 6.45) is 1.89. The Morgan fingerprint density at radius 2 is 2.25 bits per heavy atom. The molecule has 0 saturated carbocycles. The Morgan fingerprint density at radius 1 is 1.50 bits per heavy atom. The molecule has 1 aromatic rings. The number of hydrogen-bond acceptors (Lipinski definition) is 6. The average Bonchev–Trinajstić information content (AvgIpc) is 2.67. The largest absolute Gasteiger partial charge is 0.365 e. The Labute approximate surface area is 92.8 Å². The first-order chi connectivity index (χ1) is 7.70. The first-order valence-corrected chi connectivity index (χ1v) is 5.02. The van der Waals surface area contributed by atoms with Gasteiger partial charge in [0.25, 0.3) is 0 Å². The second-order valence-electron chi connectivity index (χ2n) is 3.69. The number of carbonyl (C=O) groups is 1. The molecule has 1 aliphatic heterocycles. The Kier molecular flexibility index (Phi) is 2.86. The molecule has 5 N–H and O–H groups in total. The number of hydrazine groups is 1. The van der Waals surface area contributed by atoms with Gasteiger partial charge in [-0.05, 0) is 6.92 Å². The van der Waals surface area contributed by atoms with Crippen molar-refractivity contribution in [3.63, 3.8) is 0 Å². The van der Waals surface area contributed by atoms with E-state index in [0.717, 1.165) is 5.56 Å². The zero-order valence-electron chi connectivity index (χ0n) is 8.95. The van der Waals surface area contributed by atoms with E-state index in [1.807, 2.05) is 6.92 Å². The molecule has 16 heavy (non-hydrogen) atoms. The van der Waals surface area contributed by atoms with E-state index in [1.54, 1.807) is 0 Å². The third-order valence-electron chi connectivity index (χ3n) is 2.54. The molecule has 1 atom stereocenters. The van der Waals surface area contributed by atoms with E-state index in [9.17, 15) is 4.79 Å². The highest BCUT2D eigenvalue weighted by atomic mass is 16.1. The maximum absolute atomic E-state index is 11.0. The average molecular weight is 222 g/mol. The second-order valence-corrected chi connectivity index (χ2v) is 3.69. The molecule has 0 bridgehead atoms. The van der Waals surface area contributed by atoms with E-state index in [2.05, 4.69) is 26.0 Å². The molecule has 1 aromatic heterocycles. The van der Waals surface area contributed by atoms with Crippen molar-refractivity contribution in [2.45, 2.75) is 19.4 Å². The van der Waals surface area contributed by atoms with E-state index in [0.29, 0.717) is 24.6 Å². The number of nitrogens with one attached hydrogen (secondary N) is 3. The van der Waals surface area contributed by atoms with Crippen molar-refractivity contribution in [3.8, 4) is 0 Å². The highest BCUT2D eigenvalue weighted by molar-refractivity contribution is 5.79. The predicted octanol–water partition coefficient (Wildman–Crippen LogP) is -0.629. The fraction of sp³-hybridized carbons (Fsp3) is 0.444. The van der Waals surface area contributed by atoms with Crippen molar-refractivity contribution in [3.05, 3.63) is 11.9 Å². The Hall–Kier alpha value is -1.89. The van der Waals surface area contributed by atoms with E-state index in [4.69, 9.17) is 5.84 Å². The van der Waals surface area contributed by atoms with E-state index < -0.39 is 0 Å². The minimum absolute atomic E-state index is 0.0568. The fourth-order valence-electron chi connectivity index (χ4n) is 1.64. The highest BCUT2D eigenvalue weighted by Crippen LogP contribution is 2.19. The van der Waals surface area contributed by atoms with Crippen molar-refractivity contribution in [1.82, 2.24) is 15.3 Å². The van der Waals surface area contributed by atoms with E-state index in [-0.39, 0.29) is 11.9 Å². The van der Waals surface area contributed by atoms with Crippen LogP contribution in [0, 0.1) is 6.92 Å². The lowest BCUT2D eigenvalue weighted by atomic mass is 10.2. The summed E-state index contributed by atoms with van der Waals surface area (Å²) in [6, 6.07) is 0.0757. The molecule has 7 heteroatoms. The van der Waals surface area contributed by atoms with Crippen LogP contribution in [0.3, 0.4) is 0 Å². The van der Waals surface area contributed by atoms with Crippen LogP contribution in [-0.4, -0.2) is 28.5 Å². The summed E-state index contributed by atoms with van der Waals surface area (Å²) in [4.78, 5) is 19.1. The van der Waals surface area contributed by atoms with Crippen molar-refractivity contribution < 1.29 is 4.79 Å². The number of anilines is 2. The first-order valence-electron chi connectivity index (χ1n) is 5.02. The van der Waals surface area contributed by atoms with Crippen LogP contribution in [0.1, 0.15) is 12.0 Å². The molecule has 1 fully saturated rings. The van der Waals surface area contributed by atoms with E-state index >= 15 is 0 Å². The molecule has 0 spiro atoms. The van der Waals surface area contributed by atoms with Crippen molar-refractivity contribution in [1.29, 1.82) is 0 Å². The SMILES string of the molecule is Cc1c(NN)ncnc1NC1CNC(=O)C1. The van der Waals surface area contributed by atoms with Crippen LogP contribution < -0.4 is 21.9 Å². The number of hydrogen-bond donors (Lipinski definition) is 4. The summed E-state index contributed by atoms with van der Waals surface area (Å²) in [7, 11) is 0. The number of nitrogen functional groups attached to an aromatic ring is 1. The summed E-state index contributed by atoms with van der Waals surface area (Å²) in [5.74, 6) is 6.65. The third kappa shape index (κ3) is 2.03.